The second-order valence-corrected chi connectivity index (χ2v) is 4.20. The number of pyridine rings is 2. The van der Waals surface area contributed by atoms with Crippen LogP contribution in [0.5, 0.6) is 0 Å². The topological polar surface area (TPSA) is 25.8 Å². The Labute approximate surface area is 93.8 Å². The van der Waals surface area contributed by atoms with Crippen LogP contribution < -0.4 is 0 Å². The number of rotatable bonds is 4. The van der Waals surface area contributed by atoms with Crippen LogP contribution in [0.2, 0.25) is 0 Å². The largest absolute Gasteiger partial charge is 0.261 e. The molecule has 0 spiro atoms. The first kappa shape index (κ1) is 10.2. The van der Waals surface area contributed by atoms with Gasteiger partial charge in [0.1, 0.15) is 0 Å². The smallest absolute Gasteiger partial charge is 0.0959 e. The molecule has 0 bridgehead atoms. The molecule has 3 heteroatoms. The van der Waals surface area contributed by atoms with Crippen LogP contribution in [-0.4, -0.2) is 15.7 Å². The van der Waals surface area contributed by atoms with Gasteiger partial charge in [0.2, 0.25) is 0 Å². The van der Waals surface area contributed by atoms with Crippen LogP contribution in [0, 0.1) is 0 Å². The minimum atomic E-state index is 0.988. The molecular formula is C12H12N2S. The molecule has 0 aliphatic heterocycles. The van der Waals surface area contributed by atoms with Crippen molar-refractivity contribution in [1.82, 2.24) is 9.97 Å². The van der Waals surface area contributed by atoms with Gasteiger partial charge in [0.05, 0.1) is 5.03 Å². The molecule has 76 valence electrons. The molecular weight excluding hydrogens is 204 g/mol. The third kappa shape index (κ3) is 3.36. The zero-order valence-corrected chi connectivity index (χ0v) is 9.15. The normalized spacial score (nSPS) is 10.1. The highest BCUT2D eigenvalue weighted by molar-refractivity contribution is 7.99. The summed E-state index contributed by atoms with van der Waals surface area (Å²) in [6, 6.07) is 12.0. The van der Waals surface area contributed by atoms with Crippen molar-refractivity contribution in [1.29, 1.82) is 0 Å². The van der Waals surface area contributed by atoms with Gasteiger partial charge >= 0.3 is 0 Å². The summed E-state index contributed by atoms with van der Waals surface area (Å²) >= 11 is 1.76. The van der Waals surface area contributed by atoms with Gasteiger partial charge in [-0.2, -0.15) is 0 Å². The minimum absolute atomic E-state index is 0.988. The predicted molar refractivity (Wildman–Crippen MR) is 62.9 cm³/mol. The third-order valence-electron chi connectivity index (χ3n) is 1.97. The molecule has 0 atom stereocenters. The molecule has 2 rings (SSSR count). The maximum atomic E-state index is 4.28. The Bertz CT molecular complexity index is 349. The Balaban J connectivity index is 1.81. The molecule has 0 aliphatic carbocycles. The molecule has 2 nitrogen and oxygen atoms in total. The zero-order chi connectivity index (χ0) is 10.3. The van der Waals surface area contributed by atoms with Crippen LogP contribution in [0.4, 0.5) is 0 Å². The van der Waals surface area contributed by atoms with Gasteiger partial charge in [0, 0.05) is 23.8 Å². The molecule has 0 radical (unpaired) electrons. The highest BCUT2D eigenvalue weighted by Gasteiger charge is 1.96. The van der Waals surface area contributed by atoms with Gasteiger partial charge in [-0.15, -0.1) is 11.8 Å². The van der Waals surface area contributed by atoms with E-state index in [-0.39, 0.29) is 0 Å². The fraction of sp³-hybridized carbons (Fsp3) is 0.167. The first-order chi connectivity index (χ1) is 7.45. The maximum absolute atomic E-state index is 4.28. The monoisotopic (exact) mass is 216 g/mol. The van der Waals surface area contributed by atoms with Crippen molar-refractivity contribution >= 4 is 11.8 Å². The van der Waals surface area contributed by atoms with Crippen molar-refractivity contribution < 1.29 is 0 Å². The molecule has 0 amide bonds. The Hall–Kier alpha value is -1.35. The van der Waals surface area contributed by atoms with E-state index in [1.807, 2.05) is 42.7 Å². The lowest BCUT2D eigenvalue weighted by atomic mass is 10.3. The number of thioether (sulfide) groups is 1. The van der Waals surface area contributed by atoms with Crippen molar-refractivity contribution in [2.75, 3.05) is 5.75 Å². The number of nitrogens with zero attached hydrogens (tertiary/aromatic N) is 2. The molecule has 0 aromatic carbocycles. The van der Waals surface area contributed by atoms with E-state index in [0.717, 1.165) is 22.9 Å². The van der Waals surface area contributed by atoms with Crippen molar-refractivity contribution in [3.05, 3.63) is 54.5 Å². The van der Waals surface area contributed by atoms with E-state index in [4.69, 9.17) is 0 Å². The van der Waals surface area contributed by atoms with Crippen molar-refractivity contribution in [2.24, 2.45) is 0 Å². The molecule has 0 unspecified atom stereocenters. The summed E-state index contributed by atoms with van der Waals surface area (Å²) < 4.78 is 0. The Morgan fingerprint density at radius 3 is 2.40 bits per heavy atom. The third-order valence-corrected chi connectivity index (χ3v) is 2.92. The average molecular weight is 216 g/mol. The van der Waals surface area contributed by atoms with E-state index in [1.165, 1.54) is 0 Å². The van der Waals surface area contributed by atoms with Crippen molar-refractivity contribution in [3.8, 4) is 0 Å². The van der Waals surface area contributed by atoms with Gasteiger partial charge < -0.3 is 0 Å². The van der Waals surface area contributed by atoms with Crippen LogP contribution in [0.25, 0.3) is 0 Å². The minimum Gasteiger partial charge on any atom is -0.261 e. The van der Waals surface area contributed by atoms with E-state index < -0.39 is 0 Å². The zero-order valence-electron chi connectivity index (χ0n) is 8.34. The fourth-order valence-corrected chi connectivity index (χ4v) is 2.07. The van der Waals surface area contributed by atoms with Crippen LogP contribution >= 0.6 is 11.8 Å². The van der Waals surface area contributed by atoms with E-state index in [2.05, 4.69) is 16.0 Å². The van der Waals surface area contributed by atoms with Gasteiger partial charge in [0.25, 0.3) is 0 Å². The van der Waals surface area contributed by atoms with Gasteiger partial charge in [-0.05, 0) is 30.7 Å². The lowest BCUT2D eigenvalue weighted by Crippen LogP contribution is -1.91. The molecule has 0 N–H and O–H groups in total. The molecule has 2 aromatic heterocycles. The molecule has 0 fully saturated rings. The summed E-state index contributed by atoms with van der Waals surface area (Å²) in [7, 11) is 0. The predicted octanol–water partition coefficient (Wildman–Crippen LogP) is 2.81. The molecule has 0 saturated carbocycles. The quantitative estimate of drug-likeness (QED) is 0.735. The maximum Gasteiger partial charge on any atom is 0.0959 e. The first-order valence-corrected chi connectivity index (χ1v) is 5.87. The first-order valence-electron chi connectivity index (χ1n) is 4.89. The van der Waals surface area contributed by atoms with Gasteiger partial charge in [0.15, 0.2) is 0 Å². The van der Waals surface area contributed by atoms with E-state index in [9.17, 15) is 0 Å². The summed E-state index contributed by atoms with van der Waals surface area (Å²) in [4.78, 5) is 8.53. The second-order valence-electron chi connectivity index (χ2n) is 3.09. The Morgan fingerprint density at radius 1 is 0.933 bits per heavy atom. The highest BCUT2D eigenvalue weighted by Crippen LogP contribution is 2.14. The van der Waals surface area contributed by atoms with Crippen molar-refractivity contribution in [2.45, 2.75) is 11.4 Å². The lowest BCUT2D eigenvalue weighted by molar-refractivity contribution is 1.04. The van der Waals surface area contributed by atoms with Gasteiger partial charge in [-0.3, -0.25) is 4.98 Å². The number of aryl methyl sites for hydroxylation is 1. The molecule has 2 heterocycles. The molecule has 0 aliphatic rings. The lowest BCUT2D eigenvalue weighted by Gasteiger charge is -1.99. The highest BCUT2D eigenvalue weighted by atomic mass is 32.2. The van der Waals surface area contributed by atoms with E-state index in [0.29, 0.717) is 0 Å². The van der Waals surface area contributed by atoms with Gasteiger partial charge in [-0.1, -0.05) is 12.1 Å². The van der Waals surface area contributed by atoms with Crippen LogP contribution in [0.3, 0.4) is 0 Å². The van der Waals surface area contributed by atoms with Crippen molar-refractivity contribution in [3.63, 3.8) is 0 Å². The summed E-state index contributed by atoms with van der Waals surface area (Å²) in [5.41, 5.74) is 1.14. The summed E-state index contributed by atoms with van der Waals surface area (Å²) in [6.07, 6.45) is 4.64. The summed E-state index contributed by atoms with van der Waals surface area (Å²) in [5.74, 6) is 1.02. The standard InChI is InChI=1S/C12H12N2S/c1-3-8-13-11(5-1)7-10-15-12-6-2-4-9-14-12/h1-6,8-9H,7,10H2. The van der Waals surface area contributed by atoms with E-state index in [1.54, 1.807) is 11.8 Å². The summed E-state index contributed by atoms with van der Waals surface area (Å²) in [5, 5.41) is 1.08. The Kier molecular flexibility index (Phi) is 3.74. The van der Waals surface area contributed by atoms with E-state index >= 15 is 0 Å². The Morgan fingerprint density at radius 2 is 1.73 bits per heavy atom. The van der Waals surface area contributed by atoms with Crippen LogP contribution in [0.1, 0.15) is 5.69 Å². The second kappa shape index (κ2) is 5.51. The molecule has 15 heavy (non-hydrogen) atoms. The number of hydrogen-bond donors (Lipinski definition) is 0. The summed E-state index contributed by atoms with van der Waals surface area (Å²) in [6.45, 7) is 0. The SMILES string of the molecule is c1ccc(CCSc2ccccn2)nc1. The average Bonchev–Trinajstić information content (AvgIpc) is 2.32. The molecule has 2 aromatic rings. The number of aromatic nitrogens is 2. The number of hydrogen-bond acceptors (Lipinski definition) is 3. The van der Waals surface area contributed by atoms with Gasteiger partial charge in [-0.25, -0.2) is 4.98 Å². The van der Waals surface area contributed by atoms with Crippen LogP contribution in [0.15, 0.2) is 53.8 Å². The molecule has 0 saturated heterocycles. The van der Waals surface area contributed by atoms with Crippen LogP contribution in [-0.2, 0) is 6.42 Å². The fourth-order valence-electron chi connectivity index (χ4n) is 1.24.